The highest BCUT2D eigenvalue weighted by molar-refractivity contribution is 8.00. The third-order valence-electron chi connectivity index (χ3n) is 22.3. The predicted octanol–water partition coefficient (Wildman–Crippen LogP) is 5.34. The minimum Gasteiger partial charge on any atom is -0.445 e. The number of Topliss-reactive ketones (excluding diaryl/α,β-unsaturated/α-hetero) is 1. The van der Waals surface area contributed by atoms with E-state index in [0.717, 1.165) is 12.1 Å². The van der Waals surface area contributed by atoms with Gasteiger partial charge in [0, 0.05) is 104 Å². The van der Waals surface area contributed by atoms with E-state index in [0.29, 0.717) is 60.6 Å². The molecule has 15 amide bonds. The summed E-state index contributed by atoms with van der Waals surface area (Å²) in [5, 5.41) is 18.9. The molecule has 2 aromatic carbocycles. The number of thioether (sulfide) groups is 1. The van der Waals surface area contributed by atoms with Crippen molar-refractivity contribution in [2.75, 3.05) is 86.2 Å². The molecule has 0 aromatic heterocycles. The Hall–Kier alpha value is -9.88. The van der Waals surface area contributed by atoms with Crippen molar-refractivity contribution in [3.05, 3.63) is 65.5 Å². The number of rotatable bonds is 48. The molecule has 0 radical (unpaired) electrons. The van der Waals surface area contributed by atoms with Crippen LogP contribution in [-0.4, -0.2) is 271 Å². The number of ketones is 1. The minimum atomic E-state index is -1.17. The number of carbonyl (C=O) groups is 16. The average Bonchev–Trinajstić information content (AvgIpc) is 1.60. The van der Waals surface area contributed by atoms with E-state index < -0.39 is 160 Å². The van der Waals surface area contributed by atoms with E-state index in [1.165, 1.54) is 71.7 Å². The van der Waals surface area contributed by atoms with Gasteiger partial charge in [0.05, 0.1) is 66.9 Å². The lowest BCUT2D eigenvalue weighted by atomic mass is 9.89. The smallest absolute Gasteiger partial charge is 0.409 e. The Morgan fingerprint density at radius 2 is 1.36 bits per heavy atom. The second-order valence-electron chi connectivity index (χ2n) is 32.9. The Bertz CT molecular complexity index is 3900. The number of halogens is 1. The van der Waals surface area contributed by atoms with Crippen molar-refractivity contribution in [3.8, 4) is 0 Å². The highest BCUT2D eigenvalue weighted by Gasteiger charge is 2.50. The number of likely N-dealkylation sites (N-methyl/N-ethyl adjacent to an activating group) is 3. The van der Waals surface area contributed by atoms with E-state index in [9.17, 15) is 76.3 Å². The molecule has 6 rings (SSSR count). The normalized spacial score (nSPS) is 18.8. The Kier molecular flexibility index (Phi) is 38.6. The van der Waals surface area contributed by atoms with Crippen LogP contribution in [0, 0.1) is 40.8 Å². The van der Waals surface area contributed by atoms with Crippen molar-refractivity contribution < 1.29 is 105 Å². The number of nitrogens with two attached hydrogens (primary N) is 1. The molecule has 120 heavy (non-hydrogen) atoms. The molecule has 3 heterocycles. The third kappa shape index (κ3) is 28.9. The van der Waals surface area contributed by atoms with Gasteiger partial charge in [-0.2, -0.15) is 0 Å². The number of carbonyl (C=O) groups excluding carboxylic acids is 16. The number of nitrogens with zero attached hydrogens (tertiary/aromatic N) is 6. The number of unbranched alkanes of at least 4 members (excludes halogenated alkanes) is 2. The quantitative estimate of drug-likeness (QED) is 0.0235. The molecule has 9 N–H and O–H groups in total. The van der Waals surface area contributed by atoms with Crippen molar-refractivity contribution in [3.63, 3.8) is 0 Å². The van der Waals surface area contributed by atoms with Crippen LogP contribution in [-0.2, 0) is 87.9 Å². The minimum absolute atomic E-state index is 0.00223. The van der Waals surface area contributed by atoms with E-state index in [4.69, 9.17) is 29.5 Å². The fourth-order valence-corrected chi connectivity index (χ4v) is 16.5. The molecule has 4 fully saturated rings. The van der Waals surface area contributed by atoms with Gasteiger partial charge >= 0.3 is 24.2 Å². The molecule has 3 aliphatic heterocycles. The maximum atomic E-state index is 15.1. The largest absolute Gasteiger partial charge is 0.445 e. The van der Waals surface area contributed by atoms with Gasteiger partial charge in [-0.25, -0.2) is 23.6 Å². The first-order valence-corrected chi connectivity index (χ1v) is 42.3. The van der Waals surface area contributed by atoms with Crippen LogP contribution in [0.2, 0.25) is 0 Å². The molecule has 3 saturated heterocycles. The Morgan fingerprint density at radius 1 is 0.708 bits per heavy atom. The number of nitrogens with one attached hydrogen (secondary N) is 7. The molecule has 666 valence electrons. The van der Waals surface area contributed by atoms with Crippen LogP contribution in [0.1, 0.15) is 181 Å². The number of methoxy groups -OCH3 is 2. The summed E-state index contributed by atoms with van der Waals surface area (Å²) in [6.45, 7) is 17.5. The second-order valence-corrected chi connectivity index (χ2v) is 34.1. The van der Waals surface area contributed by atoms with E-state index in [1.807, 2.05) is 41.5 Å². The number of primary amides is 1. The van der Waals surface area contributed by atoms with Gasteiger partial charge in [0.15, 0.2) is 5.78 Å². The zero-order valence-corrected chi connectivity index (χ0v) is 72.8. The maximum Gasteiger partial charge on any atom is 0.409 e. The molecular formula is C83H125FN14O21S. The standard InChI is InChI=1S/C83H125FN14O21S/c1-17-50(8)71(95(14)79(111)69(48(4)5)92-77(109)70(49(6)7)93(11)12)60(115-15)41-65(102)97-44-57(40-59(97)73(116-16)51(9)74(106)88-52(10)72(105)54-26-28-55(84)29-27-54)118-82(114)94(13)39-37-87-81(113)117-45-53-24-30-56(31-25-53)89-75(107)58(22-21-36-86-80(85)112)90-76(108)68(47(2)3)91-62(99)23-19-18-20-38-96-66(103)42-61(78(96)110)120-46-83(34-35-83)43-67(104)119-98-63(100)32-33-64(98)101/h24-31,47-52,57-61,68-71,73H,17-23,32-46H2,1-16H3,(H,87,113)(H,88,106)(H,89,107)(H,90,108)(H,91,99)(H,92,109)(H3,85,86,112)/t50-,51+,52-,57-,58?,59-,60+,61?,68-,69-,70-,71?,73+/m0/s1. The van der Waals surface area contributed by atoms with Crippen LogP contribution in [0.15, 0.2) is 48.5 Å². The lowest BCUT2D eigenvalue weighted by Gasteiger charge is -2.41. The lowest BCUT2D eigenvalue weighted by molar-refractivity contribution is -0.198. The number of amides is 15. The molecule has 0 bridgehead atoms. The maximum absolute atomic E-state index is 15.1. The molecule has 13 atom stereocenters. The van der Waals surface area contributed by atoms with Gasteiger partial charge in [-0.15, -0.1) is 16.8 Å². The van der Waals surface area contributed by atoms with Crippen molar-refractivity contribution in [1.82, 2.24) is 61.5 Å². The van der Waals surface area contributed by atoms with Crippen LogP contribution in [0.4, 0.5) is 24.5 Å². The Balaban J connectivity index is 1.00. The number of hydrogen-bond donors (Lipinski definition) is 8. The first-order valence-electron chi connectivity index (χ1n) is 41.2. The summed E-state index contributed by atoms with van der Waals surface area (Å²) >= 11 is 1.29. The molecule has 0 spiro atoms. The summed E-state index contributed by atoms with van der Waals surface area (Å²) in [5.74, 6) is -8.77. The monoisotopic (exact) mass is 1700 g/mol. The van der Waals surface area contributed by atoms with Gasteiger partial charge < -0.3 is 81.4 Å². The number of urea groups is 1. The van der Waals surface area contributed by atoms with E-state index in [-0.39, 0.29) is 144 Å². The van der Waals surface area contributed by atoms with Gasteiger partial charge in [-0.05, 0) is 131 Å². The number of ether oxygens (including phenoxy) is 4. The summed E-state index contributed by atoms with van der Waals surface area (Å²) in [6.07, 6.45) is -1.58. The number of alkyl carbamates (subject to hydrolysis) is 1. The van der Waals surface area contributed by atoms with Crippen molar-refractivity contribution in [2.24, 2.45) is 40.7 Å². The van der Waals surface area contributed by atoms with Crippen LogP contribution in [0.3, 0.4) is 0 Å². The van der Waals surface area contributed by atoms with Crippen LogP contribution >= 0.6 is 11.8 Å². The van der Waals surface area contributed by atoms with E-state index in [2.05, 4.69) is 37.2 Å². The second kappa shape index (κ2) is 46.8. The average molecular weight is 1710 g/mol. The van der Waals surface area contributed by atoms with Gasteiger partial charge in [-0.1, -0.05) is 87.3 Å². The van der Waals surface area contributed by atoms with Crippen LogP contribution in [0.25, 0.3) is 0 Å². The number of anilines is 1. The van der Waals surface area contributed by atoms with Gasteiger partial charge in [0.25, 0.3) is 11.8 Å². The molecule has 3 unspecified atom stereocenters. The third-order valence-corrected chi connectivity index (χ3v) is 23.9. The summed E-state index contributed by atoms with van der Waals surface area (Å²) in [7, 11) is 9.45. The Morgan fingerprint density at radius 3 is 1.94 bits per heavy atom. The first-order chi connectivity index (χ1) is 56.6. The van der Waals surface area contributed by atoms with Crippen LogP contribution in [0.5, 0.6) is 0 Å². The lowest BCUT2D eigenvalue weighted by Crippen LogP contribution is -2.59. The summed E-state index contributed by atoms with van der Waals surface area (Å²) in [5.41, 5.74) is 5.79. The molecule has 4 aliphatic rings. The Labute approximate surface area is 706 Å². The molecular weight excluding hydrogens is 1580 g/mol. The molecule has 1 saturated carbocycles. The van der Waals surface area contributed by atoms with E-state index in [1.54, 1.807) is 71.1 Å². The fraction of sp³-hybridized carbons (Fsp3) is 0.663. The predicted molar refractivity (Wildman–Crippen MR) is 440 cm³/mol. The molecule has 35 nitrogen and oxygen atoms in total. The van der Waals surface area contributed by atoms with Gasteiger partial charge in [0.2, 0.25) is 53.2 Å². The zero-order chi connectivity index (χ0) is 89.2. The number of hydrogen-bond acceptors (Lipinski definition) is 23. The van der Waals surface area contributed by atoms with Gasteiger partial charge in [-0.3, -0.25) is 67.3 Å². The molecule has 37 heteroatoms. The van der Waals surface area contributed by atoms with Gasteiger partial charge in [0.1, 0.15) is 36.7 Å². The summed E-state index contributed by atoms with van der Waals surface area (Å²) in [6, 6.07) is 3.97. The van der Waals surface area contributed by atoms with E-state index >= 15 is 4.79 Å². The summed E-state index contributed by atoms with van der Waals surface area (Å²) < 4.78 is 37.4. The number of hydroxylamine groups is 2. The zero-order valence-electron chi connectivity index (χ0n) is 72.0. The number of imide groups is 2. The number of benzene rings is 2. The van der Waals surface area contributed by atoms with Crippen molar-refractivity contribution in [2.45, 2.75) is 238 Å². The van der Waals surface area contributed by atoms with Crippen molar-refractivity contribution in [1.29, 1.82) is 0 Å². The number of likely N-dealkylation sites (tertiary alicyclic amines) is 2. The first kappa shape index (κ1) is 98.9. The summed E-state index contributed by atoms with van der Waals surface area (Å²) in [4.78, 5) is 226. The van der Waals surface area contributed by atoms with Crippen LogP contribution < -0.4 is 43.0 Å². The SMILES string of the molecule is CC[C@H](C)C([C@@H](CC(=O)N1C[C@@H](OC(=O)N(C)CCNC(=O)OCc2ccc(NC(=O)C(CCCNC(N)=O)NC(=O)[C@@H](NC(=O)CCCCCN3C(=O)CC(SCC4(CC(=O)ON5C(=O)CCC5=O)CC4)C3=O)C(C)C)cc2)C[C@H]1[C@H](OC)[C@@H](C)C(=O)N[C@@H](C)C(=O)c1ccc(F)cc1)OC)N(C)C(=O)[C@@H](NC(=O)[C@H](C(C)C)N(C)C)C(C)C. The highest BCUT2D eigenvalue weighted by atomic mass is 32.2. The topological polar surface area (TPSA) is 449 Å². The van der Waals surface area contributed by atoms with Crippen molar-refractivity contribution >= 4 is 112 Å². The molecule has 2 aromatic rings. The fourth-order valence-electron chi connectivity index (χ4n) is 15.0. The highest BCUT2D eigenvalue weighted by Crippen LogP contribution is 2.52. The molecule has 1 aliphatic carbocycles.